The number of nitrogens with zero attached hydrogens (tertiary/aromatic N) is 1. The first-order valence-electron chi connectivity index (χ1n) is 9.76. The Bertz CT molecular complexity index is 1040. The van der Waals surface area contributed by atoms with Gasteiger partial charge in [0.1, 0.15) is 5.75 Å². The number of hydrogen-bond donors (Lipinski definition) is 3. The van der Waals surface area contributed by atoms with E-state index in [2.05, 4.69) is 57.1 Å². The van der Waals surface area contributed by atoms with Crippen LogP contribution in [0.2, 0.25) is 0 Å². The molecule has 0 radical (unpaired) electrons. The Morgan fingerprint density at radius 1 is 1.03 bits per heavy atom. The van der Waals surface area contributed by atoms with Crippen LogP contribution in [0.4, 0.5) is 0 Å². The van der Waals surface area contributed by atoms with Gasteiger partial charge in [0.2, 0.25) is 0 Å². The van der Waals surface area contributed by atoms with Crippen LogP contribution in [-0.2, 0) is 10.8 Å². The number of phenolic OH excluding ortho intramolecular Hbond substituents is 1. The van der Waals surface area contributed by atoms with Gasteiger partial charge in [0, 0.05) is 22.7 Å². The Balaban J connectivity index is 1.90. The van der Waals surface area contributed by atoms with E-state index in [0.29, 0.717) is 11.3 Å². The van der Waals surface area contributed by atoms with Crippen molar-refractivity contribution >= 4 is 23.0 Å². The molecule has 0 saturated carbocycles. The van der Waals surface area contributed by atoms with E-state index in [-0.39, 0.29) is 16.7 Å². The van der Waals surface area contributed by atoms with Crippen molar-refractivity contribution in [1.29, 1.82) is 0 Å². The van der Waals surface area contributed by atoms with Crippen molar-refractivity contribution in [3.8, 4) is 5.75 Å². The molecule has 3 aromatic rings. The number of fused-ring (bicyclic) bond motifs is 1. The molecule has 29 heavy (non-hydrogen) atoms. The molecule has 1 heterocycles. The second-order valence-electron chi connectivity index (χ2n) is 9.41. The maximum Gasteiger partial charge on any atom is 0.273 e. The van der Waals surface area contributed by atoms with Crippen LogP contribution in [-0.4, -0.2) is 22.2 Å². The lowest BCUT2D eigenvalue weighted by atomic mass is 9.78. The van der Waals surface area contributed by atoms with Gasteiger partial charge >= 0.3 is 0 Å². The Hall–Kier alpha value is -3.08. The summed E-state index contributed by atoms with van der Waals surface area (Å²) in [5, 5.41) is 16.0. The van der Waals surface area contributed by atoms with Crippen molar-refractivity contribution in [2.24, 2.45) is 5.10 Å². The highest BCUT2D eigenvalue weighted by atomic mass is 16.3. The molecular formula is C24H29N3O2. The summed E-state index contributed by atoms with van der Waals surface area (Å²) in [6.07, 6.45) is 3.43. The van der Waals surface area contributed by atoms with Gasteiger partial charge in [-0.1, -0.05) is 53.7 Å². The summed E-state index contributed by atoms with van der Waals surface area (Å²) >= 11 is 0. The molecule has 5 nitrogen and oxygen atoms in total. The number of carbonyl (C=O) groups is 1. The molecule has 0 atom stereocenters. The zero-order valence-corrected chi connectivity index (χ0v) is 17.9. The number of nitrogens with one attached hydrogen (secondary N) is 2. The number of phenols is 1. The number of carbonyl (C=O) groups excluding carboxylic acids is 1. The van der Waals surface area contributed by atoms with Crippen LogP contribution in [0.15, 0.2) is 47.7 Å². The molecule has 2 aromatic carbocycles. The van der Waals surface area contributed by atoms with E-state index in [1.54, 1.807) is 12.3 Å². The van der Waals surface area contributed by atoms with Crippen molar-refractivity contribution in [2.75, 3.05) is 0 Å². The minimum atomic E-state index is -0.278. The van der Waals surface area contributed by atoms with E-state index in [4.69, 9.17) is 0 Å². The highest BCUT2D eigenvalue weighted by Gasteiger charge is 2.26. The van der Waals surface area contributed by atoms with Gasteiger partial charge < -0.3 is 10.1 Å². The Morgan fingerprint density at radius 3 is 2.24 bits per heavy atom. The number of aromatic hydroxyl groups is 1. The smallest absolute Gasteiger partial charge is 0.273 e. The number of H-pyrrole nitrogens is 1. The molecule has 0 aliphatic rings. The van der Waals surface area contributed by atoms with Gasteiger partial charge in [-0.3, -0.25) is 4.79 Å². The van der Waals surface area contributed by atoms with E-state index in [0.717, 1.165) is 27.6 Å². The van der Waals surface area contributed by atoms with Gasteiger partial charge in [0.25, 0.3) is 5.91 Å². The summed E-state index contributed by atoms with van der Waals surface area (Å²) < 4.78 is 0. The Kier molecular flexibility index (Phi) is 5.26. The van der Waals surface area contributed by atoms with Crippen molar-refractivity contribution < 1.29 is 9.90 Å². The second-order valence-corrected chi connectivity index (χ2v) is 9.41. The van der Waals surface area contributed by atoms with Crippen LogP contribution >= 0.6 is 0 Å². The fourth-order valence-corrected chi connectivity index (χ4v) is 3.37. The largest absolute Gasteiger partial charge is 0.507 e. The van der Waals surface area contributed by atoms with Gasteiger partial charge in [-0.2, -0.15) is 5.10 Å². The number of hydrogen-bond acceptors (Lipinski definition) is 3. The third-order valence-electron chi connectivity index (χ3n) is 4.96. The molecule has 1 aromatic heterocycles. The minimum Gasteiger partial charge on any atom is -0.507 e. The van der Waals surface area contributed by atoms with Crippen molar-refractivity contribution in [3.63, 3.8) is 0 Å². The maximum absolute atomic E-state index is 12.6. The zero-order valence-electron chi connectivity index (χ0n) is 17.9. The number of amides is 1. The van der Waals surface area contributed by atoms with E-state index in [1.165, 1.54) is 0 Å². The summed E-state index contributed by atoms with van der Waals surface area (Å²) in [6, 6.07) is 11.3. The fourth-order valence-electron chi connectivity index (χ4n) is 3.37. The number of para-hydroxylation sites is 1. The summed E-state index contributed by atoms with van der Waals surface area (Å²) in [5.74, 6) is 0.0461. The topological polar surface area (TPSA) is 77.5 Å². The molecule has 0 fully saturated rings. The average molecular weight is 392 g/mol. The van der Waals surface area contributed by atoms with Crippen LogP contribution in [0.25, 0.3) is 10.9 Å². The predicted molar refractivity (Wildman–Crippen MR) is 119 cm³/mol. The Labute approximate surface area is 171 Å². The zero-order chi connectivity index (χ0) is 21.4. The first kappa shape index (κ1) is 20.6. The maximum atomic E-state index is 12.6. The normalized spacial score (nSPS) is 12.6. The van der Waals surface area contributed by atoms with Crippen LogP contribution in [0.3, 0.4) is 0 Å². The molecule has 0 spiro atoms. The number of hydrazone groups is 1. The highest BCUT2D eigenvalue weighted by molar-refractivity contribution is 6.05. The van der Waals surface area contributed by atoms with Gasteiger partial charge in [0.05, 0.1) is 17.3 Å². The molecule has 0 unspecified atom stereocenters. The number of aromatic nitrogens is 1. The highest BCUT2D eigenvalue weighted by Crippen LogP contribution is 2.39. The average Bonchev–Trinajstić information content (AvgIpc) is 3.09. The van der Waals surface area contributed by atoms with E-state index < -0.39 is 0 Å². The lowest BCUT2D eigenvalue weighted by Gasteiger charge is -2.27. The van der Waals surface area contributed by atoms with Crippen molar-refractivity contribution in [2.45, 2.75) is 52.4 Å². The number of benzene rings is 2. The molecule has 1 amide bonds. The molecule has 5 heteroatoms. The van der Waals surface area contributed by atoms with E-state index >= 15 is 0 Å². The van der Waals surface area contributed by atoms with Crippen LogP contribution in [0.5, 0.6) is 5.75 Å². The van der Waals surface area contributed by atoms with Crippen LogP contribution < -0.4 is 5.43 Å². The fraction of sp³-hybridized carbons (Fsp3) is 0.333. The van der Waals surface area contributed by atoms with Gasteiger partial charge in [-0.15, -0.1) is 0 Å². The predicted octanol–water partition coefficient (Wildman–Crippen LogP) is 5.23. The summed E-state index contributed by atoms with van der Waals surface area (Å²) in [7, 11) is 0. The lowest BCUT2D eigenvalue weighted by molar-refractivity contribution is 0.0956. The molecule has 3 N–H and O–H groups in total. The third kappa shape index (κ3) is 4.34. The van der Waals surface area contributed by atoms with Gasteiger partial charge in [-0.05, 0) is 40.7 Å². The first-order valence-corrected chi connectivity index (χ1v) is 9.76. The molecular weight excluding hydrogens is 362 g/mol. The molecule has 3 rings (SSSR count). The second kappa shape index (κ2) is 7.39. The SMILES string of the molecule is CC(C)(C)c1cc(/C=N\NC(=O)c2cccc3cc[nH]c23)cc(C(C)(C)C)c1O. The van der Waals surface area contributed by atoms with E-state index in [9.17, 15) is 9.90 Å². The molecule has 152 valence electrons. The minimum absolute atomic E-state index is 0.222. The van der Waals surface area contributed by atoms with Crippen LogP contribution in [0.1, 0.15) is 68.6 Å². The first-order chi connectivity index (χ1) is 13.5. The molecule has 0 saturated heterocycles. The summed E-state index contributed by atoms with van der Waals surface area (Å²) in [5.41, 5.74) is 6.03. The monoisotopic (exact) mass is 391 g/mol. The lowest BCUT2D eigenvalue weighted by Crippen LogP contribution is -2.19. The number of aromatic amines is 1. The molecule has 0 aliphatic carbocycles. The molecule has 0 aliphatic heterocycles. The number of rotatable bonds is 3. The van der Waals surface area contributed by atoms with Gasteiger partial charge in [0.15, 0.2) is 0 Å². The standard InChI is InChI=1S/C24H29N3O2/c1-23(2,3)18-12-15(13-19(21(18)28)24(4,5)6)14-26-27-22(29)17-9-7-8-16-10-11-25-20(16)17/h7-14,25,28H,1-6H3,(H,27,29)/b26-14-. The summed E-state index contributed by atoms with van der Waals surface area (Å²) in [6.45, 7) is 12.4. The third-order valence-corrected chi connectivity index (χ3v) is 4.96. The summed E-state index contributed by atoms with van der Waals surface area (Å²) in [4.78, 5) is 15.7. The van der Waals surface area contributed by atoms with Crippen molar-refractivity contribution in [1.82, 2.24) is 10.4 Å². The van der Waals surface area contributed by atoms with E-state index in [1.807, 2.05) is 36.5 Å². The van der Waals surface area contributed by atoms with Gasteiger partial charge in [-0.25, -0.2) is 5.43 Å². The molecule has 0 bridgehead atoms. The Morgan fingerprint density at radius 2 is 1.66 bits per heavy atom. The van der Waals surface area contributed by atoms with Crippen molar-refractivity contribution in [3.05, 3.63) is 64.8 Å². The quantitative estimate of drug-likeness (QED) is 0.422. The van der Waals surface area contributed by atoms with Crippen LogP contribution in [0, 0.1) is 0 Å².